The highest BCUT2D eigenvalue weighted by atomic mass is 35.5. The third-order valence-electron chi connectivity index (χ3n) is 7.91. The second-order valence-electron chi connectivity index (χ2n) is 12.2. The lowest BCUT2D eigenvalue weighted by Gasteiger charge is -2.28. The van der Waals surface area contributed by atoms with Crippen LogP contribution >= 0.6 is 11.6 Å². The number of benzene rings is 1. The van der Waals surface area contributed by atoms with E-state index in [2.05, 4.69) is 16.4 Å². The fourth-order valence-corrected chi connectivity index (χ4v) is 5.94. The molecule has 3 heterocycles. The molecule has 1 aromatic carbocycles. The zero-order chi connectivity index (χ0) is 30.2. The number of likely N-dealkylation sites (tertiary alicyclic amines) is 1. The van der Waals surface area contributed by atoms with Crippen molar-refractivity contribution in [1.29, 1.82) is 5.26 Å². The van der Waals surface area contributed by atoms with E-state index in [1.807, 2.05) is 39.0 Å². The number of fused-ring (bicyclic) bond motifs is 1. The highest BCUT2D eigenvalue weighted by Crippen LogP contribution is 2.52. The van der Waals surface area contributed by atoms with Crippen LogP contribution in [0.1, 0.15) is 55.6 Å². The number of carbonyl (C=O) groups excluding carboxylic acids is 3. The van der Waals surface area contributed by atoms with Crippen LogP contribution in [0.5, 0.6) is 0 Å². The van der Waals surface area contributed by atoms with Gasteiger partial charge in [0.15, 0.2) is 5.78 Å². The van der Waals surface area contributed by atoms with Crippen LogP contribution < -0.4 is 5.32 Å². The van der Waals surface area contributed by atoms with Gasteiger partial charge in [-0.3, -0.25) is 19.5 Å². The maximum Gasteiger partial charge on any atom is 0.410 e. The van der Waals surface area contributed by atoms with E-state index in [4.69, 9.17) is 21.6 Å². The summed E-state index contributed by atoms with van der Waals surface area (Å²) in [6.45, 7) is 8.22. The Kier molecular flexibility index (Phi) is 7.86. The molecule has 10 heteroatoms. The molecule has 0 radical (unpaired) electrons. The van der Waals surface area contributed by atoms with E-state index in [1.54, 1.807) is 53.4 Å². The number of hydrogen-bond donors (Lipinski definition) is 1. The fourth-order valence-electron chi connectivity index (χ4n) is 5.86. The van der Waals surface area contributed by atoms with Crippen LogP contribution in [0.25, 0.3) is 0 Å². The Hall–Kier alpha value is -4.16. The topological polar surface area (TPSA) is 116 Å². The van der Waals surface area contributed by atoms with Crippen molar-refractivity contribution < 1.29 is 19.1 Å². The molecule has 0 spiro atoms. The van der Waals surface area contributed by atoms with Crippen LogP contribution in [0.4, 0.5) is 4.79 Å². The van der Waals surface area contributed by atoms with Gasteiger partial charge in [-0.1, -0.05) is 17.7 Å². The second-order valence-corrected chi connectivity index (χ2v) is 12.8. The number of aromatic nitrogens is 1. The SMILES string of the molecule is CC(Cl)=CCC1(Cc2ccncc2)NC(=CC(=O)c2ccc(C#N)cc2)N(C2[C@H]3CN(C(=O)OC(C)(C)C)C[C@@H]23)C1=O. The monoisotopic (exact) mass is 587 g/mol. The Bertz CT molecular complexity index is 1480. The minimum atomic E-state index is -1.07. The van der Waals surface area contributed by atoms with Crippen molar-refractivity contribution in [1.82, 2.24) is 20.1 Å². The van der Waals surface area contributed by atoms with E-state index >= 15 is 0 Å². The van der Waals surface area contributed by atoms with Gasteiger partial charge in [0.2, 0.25) is 0 Å². The molecule has 1 aromatic heterocycles. The van der Waals surface area contributed by atoms with Gasteiger partial charge in [0.05, 0.1) is 11.6 Å². The van der Waals surface area contributed by atoms with Crippen molar-refractivity contribution in [2.45, 2.75) is 57.7 Å². The molecule has 0 bridgehead atoms. The molecule has 1 saturated carbocycles. The van der Waals surface area contributed by atoms with E-state index in [9.17, 15) is 14.4 Å². The molecule has 2 amide bonds. The van der Waals surface area contributed by atoms with Gasteiger partial charge in [-0.25, -0.2) is 4.79 Å². The van der Waals surface area contributed by atoms with Crippen LogP contribution in [-0.2, 0) is 16.0 Å². The molecular weight excluding hydrogens is 554 g/mol. The molecule has 2 aliphatic heterocycles. The van der Waals surface area contributed by atoms with Crippen molar-refractivity contribution in [3.05, 3.63) is 88.5 Å². The Morgan fingerprint density at radius 1 is 1.17 bits per heavy atom. The lowest BCUT2D eigenvalue weighted by Crippen LogP contribution is -2.49. The summed E-state index contributed by atoms with van der Waals surface area (Å²) in [5.41, 5.74) is 0.107. The molecule has 3 aliphatic rings. The Morgan fingerprint density at radius 2 is 1.81 bits per heavy atom. The van der Waals surface area contributed by atoms with Gasteiger partial charge in [-0.15, -0.1) is 0 Å². The zero-order valence-corrected chi connectivity index (χ0v) is 24.9. The average molecular weight is 588 g/mol. The highest BCUT2D eigenvalue weighted by molar-refractivity contribution is 6.29. The molecule has 2 unspecified atom stereocenters. The number of hydrogen-bond acceptors (Lipinski definition) is 7. The first-order valence-corrected chi connectivity index (χ1v) is 14.4. The summed E-state index contributed by atoms with van der Waals surface area (Å²) in [6, 6.07) is 12.0. The molecule has 218 valence electrons. The number of halogens is 1. The molecule has 3 fully saturated rings. The van der Waals surface area contributed by atoms with Crippen molar-refractivity contribution in [2.75, 3.05) is 13.1 Å². The number of piperidine rings is 1. The predicted molar refractivity (Wildman–Crippen MR) is 157 cm³/mol. The average Bonchev–Trinajstić information content (AvgIpc) is 3.28. The lowest BCUT2D eigenvalue weighted by atomic mass is 9.87. The third kappa shape index (κ3) is 6.04. The van der Waals surface area contributed by atoms with Crippen molar-refractivity contribution in [3.63, 3.8) is 0 Å². The maximum absolute atomic E-state index is 14.5. The number of amides is 2. The smallest absolute Gasteiger partial charge is 0.410 e. The summed E-state index contributed by atoms with van der Waals surface area (Å²) in [7, 11) is 0. The number of pyridine rings is 1. The van der Waals surface area contributed by atoms with Gasteiger partial charge in [0, 0.05) is 66.5 Å². The number of allylic oxidation sites excluding steroid dienone is 2. The normalized spacial score (nSPS) is 26.1. The summed E-state index contributed by atoms with van der Waals surface area (Å²) >= 11 is 6.23. The number of nitrogens with zero attached hydrogens (tertiary/aromatic N) is 4. The predicted octanol–water partition coefficient (Wildman–Crippen LogP) is 4.79. The van der Waals surface area contributed by atoms with Crippen LogP contribution in [0, 0.1) is 23.2 Å². The number of rotatable bonds is 7. The van der Waals surface area contributed by atoms with Gasteiger partial charge in [-0.05, 0) is 76.1 Å². The number of nitrogens with one attached hydrogen (secondary N) is 1. The first kappa shape index (κ1) is 29.3. The quantitative estimate of drug-likeness (QED) is 0.366. The molecule has 9 nitrogen and oxygen atoms in total. The zero-order valence-electron chi connectivity index (χ0n) is 24.1. The Morgan fingerprint density at radius 3 is 2.38 bits per heavy atom. The molecule has 1 aliphatic carbocycles. The molecule has 2 aromatic rings. The van der Waals surface area contributed by atoms with E-state index in [0.717, 1.165) is 5.56 Å². The van der Waals surface area contributed by atoms with Crippen LogP contribution in [0.2, 0.25) is 0 Å². The largest absolute Gasteiger partial charge is 0.444 e. The Balaban J connectivity index is 1.47. The summed E-state index contributed by atoms with van der Waals surface area (Å²) < 4.78 is 5.56. The summed E-state index contributed by atoms with van der Waals surface area (Å²) in [5, 5.41) is 13.1. The van der Waals surface area contributed by atoms with Gasteiger partial charge in [0.1, 0.15) is 17.0 Å². The summed E-state index contributed by atoms with van der Waals surface area (Å²) in [6.07, 6.45) is 6.96. The molecule has 42 heavy (non-hydrogen) atoms. The van der Waals surface area contributed by atoms with Crippen LogP contribution in [0.3, 0.4) is 0 Å². The van der Waals surface area contributed by atoms with Crippen molar-refractivity contribution in [2.24, 2.45) is 11.8 Å². The van der Waals surface area contributed by atoms with Crippen molar-refractivity contribution in [3.8, 4) is 6.07 Å². The molecule has 2 saturated heterocycles. The van der Waals surface area contributed by atoms with Crippen molar-refractivity contribution >= 4 is 29.4 Å². The van der Waals surface area contributed by atoms with E-state index in [-0.39, 0.29) is 35.7 Å². The van der Waals surface area contributed by atoms with E-state index < -0.39 is 11.1 Å². The summed E-state index contributed by atoms with van der Waals surface area (Å²) in [4.78, 5) is 48.1. The minimum absolute atomic E-state index is 0.0683. The number of ether oxygens (including phenoxy) is 1. The third-order valence-corrected chi connectivity index (χ3v) is 8.06. The number of nitriles is 1. The van der Waals surface area contributed by atoms with Gasteiger partial charge < -0.3 is 15.0 Å². The fraction of sp³-hybridized carbons (Fsp3) is 0.406. The molecule has 1 N–H and O–H groups in total. The summed E-state index contributed by atoms with van der Waals surface area (Å²) in [5.74, 6) is 0.130. The van der Waals surface area contributed by atoms with Crippen LogP contribution in [0.15, 0.2) is 71.8 Å². The lowest BCUT2D eigenvalue weighted by molar-refractivity contribution is -0.132. The maximum atomic E-state index is 14.5. The highest BCUT2D eigenvalue weighted by Gasteiger charge is 2.65. The first-order valence-electron chi connectivity index (χ1n) is 14.0. The minimum Gasteiger partial charge on any atom is -0.444 e. The number of carbonyl (C=O) groups is 3. The number of ketones is 1. The molecule has 5 rings (SSSR count). The Labute approximate surface area is 250 Å². The molecule has 4 atom stereocenters. The van der Waals surface area contributed by atoms with Gasteiger partial charge in [-0.2, -0.15) is 5.26 Å². The van der Waals surface area contributed by atoms with Gasteiger partial charge >= 0.3 is 6.09 Å². The second kappa shape index (κ2) is 11.3. The first-order chi connectivity index (χ1) is 19.9. The standard InChI is InChI=1S/C32H34ClN5O4/c1-20(33)9-12-32(16-21-10-13-35-14-11-21)29(40)38(27(36-32)15-26(39)23-7-5-22(17-34)6-8-23)28-24-18-37(19-25(24)28)30(41)42-31(2,3)4/h5-11,13-15,24-25,28,36H,12,16,18-19H2,1-4H3/t24-,25+,28?,32?. The van der Waals surface area contributed by atoms with E-state index in [1.165, 1.54) is 6.08 Å². The molecular formula is C32H34ClN5O4. The van der Waals surface area contributed by atoms with Gasteiger partial charge in [0.25, 0.3) is 5.91 Å². The van der Waals surface area contributed by atoms with E-state index in [0.29, 0.717) is 47.9 Å². The van der Waals surface area contributed by atoms with Crippen LogP contribution in [-0.4, -0.2) is 62.8 Å².